The summed E-state index contributed by atoms with van der Waals surface area (Å²) in [4.78, 5) is 2.24. The molecule has 0 aliphatic heterocycles. The van der Waals surface area contributed by atoms with Crippen molar-refractivity contribution < 1.29 is 9.13 Å². The van der Waals surface area contributed by atoms with Crippen molar-refractivity contribution in [3.8, 4) is 5.75 Å². The van der Waals surface area contributed by atoms with Gasteiger partial charge in [0.05, 0.1) is 0 Å². The molecular weight excluding hydrogens is 231 g/mol. The normalized spacial score (nSPS) is 10.9. The third-order valence-electron chi connectivity index (χ3n) is 2.94. The largest absolute Gasteiger partial charge is 0.489 e. The van der Waals surface area contributed by atoms with E-state index in [9.17, 15) is 4.39 Å². The number of nitrogens with zero attached hydrogens (tertiary/aromatic N) is 1. The van der Waals surface area contributed by atoms with Gasteiger partial charge in [-0.3, -0.25) is 0 Å². The van der Waals surface area contributed by atoms with E-state index in [0.717, 1.165) is 25.2 Å². The van der Waals surface area contributed by atoms with Gasteiger partial charge in [0.15, 0.2) is 11.6 Å². The van der Waals surface area contributed by atoms with Gasteiger partial charge in [-0.25, -0.2) is 4.39 Å². The zero-order valence-corrected chi connectivity index (χ0v) is 11.5. The van der Waals surface area contributed by atoms with Crippen LogP contribution >= 0.6 is 0 Å². The average molecular weight is 254 g/mol. The fourth-order valence-electron chi connectivity index (χ4n) is 1.80. The number of hydrogen-bond acceptors (Lipinski definition) is 3. The first kappa shape index (κ1) is 14.9. The smallest absolute Gasteiger partial charge is 0.165 e. The van der Waals surface area contributed by atoms with E-state index in [1.165, 1.54) is 6.07 Å². The second-order valence-corrected chi connectivity index (χ2v) is 4.17. The number of ether oxygens (including phenoxy) is 1. The SMILES string of the molecule is CCN(CC)CCOc1ccc(CNC)cc1F. The summed E-state index contributed by atoms with van der Waals surface area (Å²) in [7, 11) is 1.84. The maximum Gasteiger partial charge on any atom is 0.165 e. The van der Waals surface area contributed by atoms with Crippen LogP contribution in [0.2, 0.25) is 0 Å². The molecule has 4 heteroatoms. The van der Waals surface area contributed by atoms with Crippen LogP contribution in [-0.2, 0) is 6.54 Å². The Morgan fingerprint density at radius 1 is 1.28 bits per heavy atom. The molecule has 0 amide bonds. The van der Waals surface area contributed by atoms with Crippen molar-refractivity contribution in [2.75, 3.05) is 33.3 Å². The van der Waals surface area contributed by atoms with Crippen molar-refractivity contribution in [1.29, 1.82) is 0 Å². The van der Waals surface area contributed by atoms with Gasteiger partial charge in [0.2, 0.25) is 0 Å². The Balaban J connectivity index is 2.47. The molecule has 0 saturated heterocycles. The van der Waals surface area contributed by atoms with E-state index in [-0.39, 0.29) is 5.82 Å². The zero-order valence-electron chi connectivity index (χ0n) is 11.5. The molecular formula is C14H23FN2O. The first-order chi connectivity index (χ1) is 8.71. The molecule has 0 heterocycles. The lowest BCUT2D eigenvalue weighted by Gasteiger charge is -2.18. The van der Waals surface area contributed by atoms with Crippen LogP contribution in [0.25, 0.3) is 0 Å². The number of rotatable bonds is 8. The van der Waals surface area contributed by atoms with E-state index in [0.29, 0.717) is 18.9 Å². The van der Waals surface area contributed by atoms with Gasteiger partial charge < -0.3 is 15.0 Å². The van der Waals surface area contributed by atoms with Crippen LogP contribution < -0.4 is 10.1 Å². The molecule has 0 spiro atoms. The van der Waals surface area contributed by atoms with E-state index in [1.807, 2.05) is 13.1 Å². The molecule has 0 unspecified atom stereocenters. The molecule has 0 aromatic heterocycles. The summed E-state index contributed by atoms with van der Waals surface area (Å²) in [5, 5.41) is 2.99. The molecule has 0 saturated carbocycles. The van der Waals surface area contributed by atoms with Crippen LogP contribution in [0.5, 0.6) is 5.75 Å². The maximum atomic E-state index is 13.7. The Labute approximate surface area is 109 Å². The minimum atomic E-state index is -0.290. The molecule has 0 radical (unpaired) electrons. The highest BCUT2D eigenvalue weighted by Gasteiger charge is 2.05. The van der Waals surface area contributed by atoms with Gasteiger partial charge in [-0.05, 0) is 37.8 Å². The molecule has 102 valence electrons. The van der Waals surface area contributed by atoms with Gasteiger partial charge in [-0.2, -0.15) is 0 Å². The number of benzene rings is 1. The molecule has 1 rings (SSSR count). The van der Waals surface area contributed by atoms with Crippen LogP contribution in [0, 0.1) is 5.82 Å². The molecule has 1 aromatic rings. The van der Waals surface area contributed by atoms with Gasteiger partial charge >= 0.3 is 0 Å². The first-order valence-electron chi connectivity index (χ1n) is 6.49. The van der Waals surface area contributed by atoms with Crippen LogP contribution in [-0.4, -0.2) is 38.2 Å². The Morgan fingerprint density at radius 3 is 2.56 bits per heavy atom. The average Bonchev–Trinajstić information content (AvgIpc) is 2.37. The molecule has 0 aliphatic rings. The van der Waals surface area contributed by atoms with E-state index in [1.54, 1.807) is 6.07 Å². The van der Waals surface area contributed by atoms with E-state index < -0.39 is 0 Å². The van der Waals surface area contributed by atoms with E-state index in [4.69, 9.17) is 4.74 Å². The van der Waals surface area contributed by atoms with Gasteiger partial charge in [-0.15, -0.1) is 0 Å². The highest BCUT2D eigenvalue weighted by Crippen LogP contribution is 2.18. The predicted molar refractivity (Wildman–Crippen MR) is 72.4 cm³/mol. The van der Waals surface area contributed by atoms with Crippen molar-refractivity contribution in [1.82, 2.24) is 10.2 Å². The van der Waals surface area contributed by atoms with Crippen LogP contribution in [0.3, 0.4) is 0 Å². The topological polar surface area (TPSA) is 24.5 Å². The van der Waals surface area contributed by atoms with Crippen molar-refractivity contribution in [2.45, 2.75) is 20.4 Å². The zero-order chi connectivity index (χ0) is 13.4. The fraction of sp³-hybridized carbons (Fsp3) is 0.571. The van der Waals surface area contributed by atoms with E-state index >= 15 is 0 Å². The quantitative estimate of drug-likeness (QED) is 0.770. The number of likely N-dealkylation sites (N-methyl/N-ethyl adjacent to an activating group) is 1. The molecule has 0 aliphatic carbocycles. The Kier molecular flexibility index (Phi) is 6.68. The molecule has 0 fully saturated rings. The van der Waals surface area contributed by atoms with Crippen LogP contribution in [0.4, 0.5) is 4.39 Å². The van der Waals surface area contributed by atoms with Crippen LogP contribution in [0.15, 0.2) is 18.2 Å². The maximum absolute atomic E-state index is 13.7. The lowest BCUT2D eigenvalue weighted by atomic mass is 10.2. The first-order valence-corrected chi connectivity index (χ1v) is 6.49. The third-order valence-corrected chi connectivity index (χ3v) is 2.94. The summed E-state index contributed by atoms with van der Waals surface area (Å²) >= 11 is 0. The van der Waals surface area contributed by atoms with E-state index in [2.05, 4.69) is 24.1 Å². The third kappa shape index (κ3) is 4.63. The molecule has 0 bridgehead atoms. The molecule has 18 heavy (non-hydrogen) atoms. The lowest BCUT2D eigenvalue weighted by molar-refractivity contribution is 0.217. The molecule has 3 nitrogen and oxygen atoms in total. The van der Waals surface area contributed by atoms with Gasteiger partial charge in [0.1, 0.15) is 6.61 Å². The number of hydrogen-bond donors (Lipinski definition) is 1. The summed E-state index contributed by atoms with van der Waals surface area (Å²) in [5.41, 5.74) is 0.922. The van der Waals surface area contributed by atoms with Gasteiger partial charge in [-0.1, -0.05) is 19.9 Å². The van der Waals surface area contributed by atoms with Gasteiger partial charge in [0.25, 0.3) is 0 Å². The summed E-state index contributed by atoms with van der Waals surface area (Å²) in [6.45, 7) is 8.20. The summed E-state index contributed by atoms with van der Waals surface area (Å²) in [5.74, 6) is 0.0457. The highest BCUT2D eigenvalue weighted by molar-refractivity contribution is 5.29. The second kappa shape index (κ2) is 8.06. The molecule has 1 aromatic carbocycles. The summed E-state index contributed by atoms with van der Waals surface area (Å²) < 4.78 is 19.2. The predicted octanol–water partition coefficient (Wildman–Crippen LogP) is 2.27. The van der Waals surface area contributed by atoms with Crippen molar-refractivity contribution >= 4 is 0 Å². The van der Waals surface area contributed by atoms with Crippen molar-refractivity contribution in [2.24, 2.45) is 0 Å². The number of halogens is 1. The Morgan fingerprint density at radius 2 is 2.00 bits per heavy atom. The Hall–Kier alpha value is -1.13. The second-order valence-electron chi connectivity index (χ2n) is 4.17. The van der Waals surface area contributed by atoms with Crippen molar-refractivity contribution in [3.63, 3.8) is 0 Å². The standard InChI is InChI=1S/C14H23FN2O/c1-4-17(5-2)8-9-18-14-7-6-12(11-16-3)10-13(14)15/h6-7,10,16H,4-5,8-9,11H2,1-3H3. The van der Waals surface area contributed by atoms with Gasteiger partial charge in [0, 0.05) is 13.1 Å². The minimum absolute atomic E-state index is 0.290. The monoisotopic (exact) mass is 254 g/mol. The summed E-state index contributed by atoms with van der Waals surface area (Å²) in [6, 6.07) is 5.10. The fourth-order valence-corrected chi connectivity index (χ4v) is 1.80. The Bertz CT molecular complexity index is 354. The molecule has 0 atom stereocenters. The number of nitrogens with one attached hydrogen (secondary N) is 1. The van der Waals surface area contributed by atoms with Crippen molar-refractivity contribution in [3.05, 3.63) is 29.6 Å². The highest BCUT2D eigenvalue weighted by atomic mass is 19.1. The lowest BCUT2D eigenvalue weighted by Crippen LogP contribution is -2.28. The van der Waals surface area contributed by atoms with Crippen LogP contribution in [0.1, 0.15) is 19.4 Å². The minimum Gasteiger partial charge on any atom is -0.489 e. The summed E-state index contributed by atoms with van der Waals surface area (Å²) in [6.07, 6.45) is 0. The molecule has 1 N–H and O–H groups in total.